The van der Waals surface area contributed by atoms with Crippen LogP contribution in [0, 0.1) is 0 Å². The number of nitrogens with one attached hydrogen (secondary N) is 1. The molecular formula is C14H20N2O2. The highest BCUT2D eigenvalue weighted by atomic mass is 16.5. The molecule has 1 saturated heterocycles. The van der Waals surface area contributed by atoms with E-state index in [2.05, 4.69) is 16.8 Å². The second-order valence-corrected chi connectivity index (χ2v) is 4.39. The van der Waals surface area contributed by atoms with Gasteiger partial charge in [0.25, 0.3) is 0 Å². The molecule has 0 aliphatic carbocycles. The zero-order chi connectivity index (χ0) is 13.0. The minimum absolute atomic E-state index is 0.127. The summed E-state index contributed by atoms with van der Waals surface area (Å²) in [7, 11) is 1.62. The van der Waals surface area contributed by atoms with E-state index in [1.54, 1.807) is 19.2 Å². The maximum Gasteiger partial charge on any atom is 0.127 e. The van der Waals surface area contributed by atoms with Crippen LogP contribution in [0.15, 0.2) is 30.9 Å². The van der Waals surface area contributed by atoms with Gasteiger partial charge in [0.15, 0.2) is 0 Å². The van der Waals surface area contributed by atoms with Crippen molar-refractivity contribution >= 4 is 0 Å². The zero-order valence-corrected chi connectivity index (χ0v) is 10.7. The van der Waals surface area contributed by atoms with Gasteiger partial charge in [-0.1, -0.05) is 6.08 Å². The summed E-state index contributed by atoms with van der Waals surface area (Å²) in [6, 6.07) is 5.37. The fraction of sp³-hybridized carbons (Fsp3) is 0.429. The summed E-state index contributed by atoms with van der Waals surface area (Å²) in [6.07, 6.45) is 1.93. The average Bonchev–Trinajstić information content (AvgIpc) is 2.42. The van der Waals surface area contributed by atoms with Crippen LogP contribution < -0.4 is 10.1 Å². The lowest BCUT2D eigenvalue weighted by Gasteiger charge is -2.34. The summed E-state index contributed by atoms with van der Waals surface area (Å²) >= 11 is 0. The van der Waals surface area contributed by atoms with Crippen molar-refractivity contribution in [3.63, 3.8) is 0 Å². The molecule has 1 aromatic rings. The molecule has 1 heterocycles. The lowest BCUT2D eigenvalue weighted by atomic mass is 10.0. The first-order chi connectivity index (χ1) is 8.76. The van der Waals surface area contributed by atoms with Crippen LogP contribution in [0.4, 0.5) is 0 Å². The third-order valence-electron chi connectivity index (χ3n) is 3.30. The number of aromatic hydroxyl groups is 1. The lowest BCUT2D eigenvalue weighted by molar-refractivity contribution is 0.200. The fourth-order valence-corrected chi connectivity index (χ4v) is 2.38. The highest BCUT2D eigenvalue weighted by Crippen LogP contribution is 2.32. The van der Waals surface area contributed by atoms with Crippen molar-refractivity contribution in [3.05, 3.63) is 36.4 Å². The Bertz CT molecular complexity index is 414. The quantitative estimate of drug-likeness (QED) is 0.793. The number of methoxy groups -OCH3 is 1. The van der Waals surface area contributed by atoms with Gasteiger partial charge in [-0.3, -0.25) is 4.90 Å². The number of hydrogen-bond donors (Lipinski definition) is 2. The van der Waals surface area contributed by atoms with E-state index in [9.17, 15) is 5.11 Å². The number of ether oxygens (including phenoxy) is 1. The molecule has 1 fully saturated rings. The number of hydrogen-bond acceptors (Lipinski definition) is 4. The molecule has 4 heteroatoms. The van der Waals surface area contributed by atoms with Crippen LogP contribution in [0.25, 0.3) is 0 Å². The van der Waals surface area contributed by atoms with Gasteiger partial charge >= 0.3 is 0 Å². The number of nitrogens with zero attached hydrogens (tertiary/aromatic N) is 1. The van der Waals surface area contributed by atoms with E-state index in [1.165, 1.54) is 0 Å². The molecule has 2 rings (SSSR count). The van der Waals surface area contributed by atoms with E-state index in [0.717, 1.165) is 31.7 Å². The maximum absolute atomic E-state index is 9.50. The molecule has 18 heavy (non-hydrogen) atoms. The molecule has 0 unspecified atom stereocenters. The number of benzene rings is 1. The van der Waals surface area contributed by atoms with Gasteiger partial charge in [0, 0.05) is 37.8 Å². The van der Waals surface area contributed by atoms with Crippen LogP contribution in [0.2, 0.25) is 0 Å². The summed E-state index contributed by atoms with van der Waals surface area (Å²) in [5.74, 6) is 0.928. The topological polar surface area (TPSA) is 44.7 Å². The summed E-state index contributed by atoms with van der Waals surface area (Å²) in [4.78, 5) is 2.36. The zero-order valence-electron chi connectivity index (χ0n) is 10.7. The van der Waals surface area contributed by atoms with Gasteiger partial charge in [0.1, 0.15) is 11.5 Å². The normalized spacial score (nSPS) is 18.3. The lowest BCUT2D eigenvalue weighted by Crippen LogP contribution is -2.44. The summed E-state index contributed by atoms with van der Waals surface area (Å²) < 4.78 is 5.35. The fourth-order valence-electron chi connectivity index (χ4n) is 2.38. The third-order valence-corrected chi connectivity index (χ3v) is 3.30. The Labute approximate surface area is 108 Å². The Morgan fingerprint density at radius 2 is 2.17 bits per heavy atom. The van der Waals surface area contributed by atoms with Crippen LogP contribution in [-0.2, 0) is 0 Å². The SMILES string of the molecule is C=C[C@H](c1ccc(O)cc1OC)N1CCNCC1. The predicted octanol–water partition coefficient (Wildman–Crippen LogP) is 1.53. The molecule has 0 spiro atoms. The molecule has 98 valence electrons. The number of rotatable bonds is 4. The smallest absolute Gasteiger partial charge is 0.127 e. The van der Waals surface area contributed by atoms with E-state index in [-0.39, 0.29) is 11.8 Å². The minimum Gasteiger partial charge on any atom is -0.508 e. The maximum atomic E-state index is 9.50. The summed E-state index contributed by atoms with van der Waals surface area (Å²) in [6.45, 7) is 7.89. The molecule has 2 N–H and O–H groups in total. The van der Waals surface area contributed by atoms with Crippen LogP contribution in [-0.4, -0.2) is 43.3 Å². The second kappa shape index (κ2) is 5.89. The molecule has 0 aromatic heterocycles. The van der Waals surface area contributed by atoms with E-state index in [4.69, 9.17) is 4.74 Å². The first-order valence-corrected chi connectivity index (χ1v) is 6.20. The van der Waals surface area contributed by atoms with E-state index >= 15 is 0 Å². The molecule has 0 radical (unpaired) electrons. The molecule has 1 atom stereocenters. The van der Waals surface area contributed by atoms with E-state index in [1.807, 2.05) is 12.1 Å². The van der Waals surface area contributed by atoms with Crippen LogP contribution in [0.3, 0.4) is 0 Å². The molecule has 1 aliphatic rings. The highest BCUT2D eigenvalue weighted by Gasteiger charge is 2.22. The molecule has 1 aromatic carbocycles. The van der Waals surface area contributed by atoms with Gasteiger partial charge in [0.05, 0.1) is 13.2 Å². The van der Waals surface area contributed by atoms with Crippen molar-refractivity contribution in [3.8, 4) is 11.5 Å². The van der Waals surface area contributed by atoms with Gasteiger partial charge < -0.3 is 15.2 Å². The van der Waals surface area contributed by atoms with E-state index in [0.29, 0.717) is 5.75 Å². The first kappa shape index (κ1) is 12.9. The second-order valence-electron chi connectivity index (χ2n) is 4.39. The van der Waals surface area contributed by atoms with Crippen molar-refractivity contribution in [1.82, 2.24) is 10.2 Å². The van der Waals surface area contributed by atoms with Gasteiger partial charge in [-0.15, -0.1) is 6.58 Å². The minimum atomic E-state index is 0.127. The van der Waals surface area contributed by atoms with Crippen molar-refractivity contribution in [2.24, 2.45) is 0 Å². The predicted molar refractivity (Wildman–Crippen MR) is 72.0 cm³/mol. The van der Waals surface area contributed by atoms with Crippen molar-refractivity contribution in [2.45, 2.75) is 6.04 Å². The third kappa shape index (κ3) is 2.66. The van der Waals surface area contributed by atoms with Crippen molar-refractivity contribution in [1.29, 1.82) is 0 Å². The largest absolute Gasteiger partial charge is 0.508 e. The Morgan fingerprint density at radius 3 is 2.78 bits per heavy atom. The van der Waals surface area contributed by atoms with Gasteiger partial charge in [-0.05, 0) is 12.1 Å². The number of piperazine rings is 1. The Morgan fingerprint density at radius 1 is 1.44 bits per heavy atom. The highest BCUT2D eigenvalue weighted by molar-refractivity contribution is 5.43. The van der Waals surface area contributed by atoms with Gasteiger partial charge in [-0.25, -0.2) is 0 Å². The number of phenols is 1. The Hall–Kier alpha value is -1.52. The molecule has 0 saturated carbocycles. The molecule has 0 bridgehead atoms. The van der Waals surface area contributed by atoms with Crippen molar-refractivity contribution < 1.29 is 9.84 Å². The van der Waals surface area contributed by atoms with Gasteiger partial charge in [0.2, 0.25) is 0 Å². The van der Waals surface area contributed by atoms with Gasteiger partial charge in [-0.2, -0.15) is 0 Å². The average molecular weight is 248 g/mol. The Balaban J connectivity index is 2.28. The van der Waals surface area contributed by atoms with E-state index < -0.39 is 0 Å². The molecule has 1 aliphatic heterocycles. The number of phenolic OH excluding ortho intramolecular Hbond substituents is 1. The van der Waals surface area contributed by atoms with Crippen LogP contribution >= 0.6 is 0 Å². The first-order valence-electron chi connectivity index (χ1n) is 6.20. The standard InChI is InChI=1S/C14H20N2O2/c1-3-13(16-8-6-15-7-9-16)12-5-4-11(17)10-14(12)18-2/h3-5,10,13,15,17H,1,6-9H2,2H3/t13-/m1/s1. The van der Waals surface area contributed by atoms with Crippen molar-refractivity contribution in [2.75, 3.05) is 33.3 Å². The summed E-state index contributed by atoms with van der Waals surface area (Å²) in [5.41, 5.74) is 1.05. The monoisotopic (exact) mass is 248 g/mol. The van der Waals surface area contributed by atoms with Crippen LogP contribution in [0.5, 0.6) is 11.5 Å². The molecule has 4 nitrogen and oxygen atoms in total. The summed E-state index contributed by atoms with van der Waals surface area (Å²) in [5, 5.41) is 12.8. The molecular weight excluding hydrogens is 228 g/mol. The Kier molecular flexibility index (Phi) is 4.23. The van der Waals surface area contributed by atoms with Crippen LogP contribution in [0.1, 0.15) is 11.6 Å². The molecule has 0 amide bonds.